The van der Waals surface area contributed by atoms with Gasteiger partial charge < -0.3 is 14.8 Å². The average molecular weight is 480 g/mol. The number of aromatic nitrogens is 2. The molecule has 170 valence electrons. The van der Waals surface area contributed by atoms with Crippen LogP contribution in [0.4, 0.5) is 0 Å². The summed E-state index contributed by atoms with van der Waals surface area (Å²) in [5.41, 5.74) is 1.44. The van der Waals surface area contributed by atoms with Crippen molar-refractivity contribution in [1.82, 2.24) is 25.1 Å². The van der Waals surface area contributed by atoms with Crippen molar-refractivity contribution in [1.29, 1.82) is 0 Å². The van der Waals surface area contributed by atoms with Gasteiger partial charge in [-0.2, -0.15) is 0 Å². The maximum Gasteiger partial charge on any atom is 0.359 e. The van der Waals surface area contributed by atoms with Crippen LogP contribution in [0, 0.1) is 0 Å². The minimum Gasteiger partial charge on any atom is -0.423 e. The summed E-state index contributed by atoms with van der Waals surface area (Å²) in [4.78, 5) is 38.1. The van der Waals surface area contributed by atoms with Gasteiger partial charge in [0, 0.05) is 62.4 Å². The number of carbonyl (C=O) groups is 2. The van der Waals surface area contributed by atoms with Crippen LogP contribution in [0.1, 0.15) is 32.4 Å². The number of esters is 2. The van der Waals surface area contributed by atoms with E-state index in [1.165, 1.54) is 12.1 Å². The normalized spacial score (nSPS) is 22.7. The second kappa shape index (κ2) is 10.5. The predicted octanol–water partition coefficient (Wildman–Crippen LogP) is 1.98. The van der Waals surface area contributed by atoms with Crippen LogP contribution in [-0.4, -0.2) is 77.8 Å². The van der Waals surface area contributed by atoms with Crippen molar-refractivity contribution in [3.8, 4) is 0 Å². The van der Waals surface area contributed by atoms with E-state index in [2.05, 4.69) is 25.1 Å². The molecule has 0 aliphatic carbocycles. The lowest BCUT2D eigenvalue weighted by Crippen LogP contribution is -2.36. The number of ether oxygens (including phenoxy) is 2. The number of hydrogen-bond donors (Lipinski definition) is 1. The summed E-state index contributed by atoms with van der Waals surface area (Å²) in [6.45, 7) is 5.36. The van der Waals surface area contributed by atoms with E-state index in [1.54, 1.807) is 12.1 Å². The van der Waals surface area contributed by atoms with E-state index >= 15 is 0 Å². The molecule has 2 atom stereocenters. The van der Waals surface area contributed by atoms with E-state index < -0.39 is 18.7 Å². The maximum atomic E-state index is 12.4. The lowest BCUT2D eigenvalue weighted by atomic mass is 10.2. The van der Waals surface area contributed by atoms with Crippen molar-refractivity contribution in [3.63, 3.8) is 0 Å². The lowest BCUT2D eigenvalue weighted by Gasteiger charge is -2.25. The number of nitrogens with zero attached hydrogens (tertiary/aromatic N) is 4. The third-order valence-electron chi connectivity index (χ3n) is 5.20. The minimum absolute atomic E-state index is 0.0556. The largest absolute Gasteiger partial charge is 0.423 e. The molecule has 11 heteroatoms. The van der Waals surface area contributed by atoms with Gasteiger partial charge in [-0.05, 0) is 24.3 Å². The Hall–Kier alpha value is -2.30. The molecule has 0 aromatic carbocycles. The summed E-state index contributed by atoms with van der Waals surface area (Å²) in [6, 6.07) is 6.33. The number of rotatable bonds is 0. The molecule has 0 saturated carbocycles. The molecule has 4 heterocycles. The molecule has 2 aliphatic rings. The number of cyclic esters (lactones) is 2. The molecule has 1 saturated heterocycles. The molecule has 1 N–H and O–H groups in total. The Bertz CT molecular complexity index is 929. The number of carbonyl (C=O) groups excluding carboxylic acids is 2. The van der Waals surface area contributed by atoms with E-state index in [4.69, 9.17) is 32.7 Å². The second-order valence-electron chi connectivity index (χ2n) is 7.61. The Kier molecular flexibility index (Phi) is 7.54. The highest BCUT2D eigenvalue weighted by molar-refractivity contribution is 6.31. The fourth-order valence-electron chi connectivity index (χ4n) is 3.64. The van der Waals surface area contributed by atoms with E-state index in [9.17, 15) is 9.59 Å². The summed E-state index contributed by atoms with van der Waals surface area (Å²) in [5, 5.41) is 4.20. The third kappa shape index (κ3) is 6.14. The summed E-state index contributed by atoms with van der Waals surface area (Å²) in [6.07, 6.45) is 0. The second-order valence-corrected chi connectivity index (χ2v) is 8.48. The number of hydrogen-bond acceptors (Lipinski definition) is 9. The van der Waals surface area contributed by atoms with E-state index in [1.807, 2.05) is 0 Å². The molecule has 6 bridgehead atoms. The Balaban J connectivity index is 1.65. The van der Waals surface area contributed by atoms with Gasteiger partial charge in [0.25, 0.3) is 0 Å². The highest BCUT2D eigenvalue weighted by Crippen LogP contribution is 2.17. The zero-order chi connectivity index (χ0) is 22.5. The van der Waals surface area contributed by atoms with Gasteiger partial charge in [0.15, 0.2) is 0 Å². The van der Waals surface area contributed by atoms with Crippen molar-refractivity contribution >= 4 is 35.1 Å². The van der Waals surface area contributed by atoms with E-state index in [0.717, 1.165) is 39.3 Å². The lowest BCUT2D eigenvalue weighted by molar-refractivity contribution is -0.0175. The first-order chi connectivity index (χ1) is 15.5. The van der Waals surface area contributed by atoms with Crippen molar-refractivity contribution < 1.29 is 19.1 Å². The first-order valence-electron chi connectivity index (χ1n) is 10.3. The molecule has 0 spiro atoms. The quantitative estimate of drug-likeness (QED) is 0.568. The molecule has 2 aromatic heterocycles. The van der Waals surface area contributed by atoms with Gasteiger partial charge in [-0.15, -0.1) is 0 Å². The van der Waals surface area contributed by atoms with Crippen LogP contribution in [0.25, 0.3) is 0 Å². The van der Waals surface area contributed by atoms with Crippen LogP contribution in [0.15, 0.2) is 24.3 Å². The van der Waals surface area contributed by atoms with E-state index in [-0.39, 0.29) is 11.4 Å². The highest BCUT2D eigenvalue weighted by Gasteiger charge is 2.19. The first-order valence-corrected chi connectivity index (χ1v) is 11.0. The minimum atomic E-state index is -0.733. The molecule has 2 unspecified atom stereocenters. The zero-order valence-electron chi connectivity index (χ0n) is 17.4. The van der Waals surface area contributed by atoms with Crippen LogP contribution in [0.3, 0.4) is 0 Å². The van der Waals surface area contributed by atoms with Gasteiger partial charge in [0.2, 0.25) is 6.79 Å². The molecule has 0 radical (unpaired) electrons. The molecule has 1 fully saturated rings. The molecular formula is C21H23Cl2N5O4. The van der Waals surface area contributed by atoms with Gasteiger partial charge >= 0.3 is 11.9 Å². The summed E-state index contributed by atoms with van der Waals surface area (Å²) in [7, 11) is 0. The topological polar surface area (TPSA) is 96.9 Å². The SMILES string of the molecule is O=C1OCOC(=O)c2cc(Cl)cc(n2)CN2CCNCCN(CC2)Cc2cc(Cl)cc1n2. The maximum absolute atomic E-state index is 12.4. The molecule has 2 aliphatic heterocycles. The molecular weight excluding hydrogens is 457 g/mol. The monoisotopic (exact) mass is 479 g/mol. The molecule has 0 amide bonds. The summed E-state index contributed by atoms with van der Waals surface area (Å²) >= 11 is 12.4. The smallest absolute Gasteiger partial charge is 0.359 e. The summed E-state index contributed by atoms with van der Waals surface area (Å²) in [5.74, 6) is -1.47. The summed E-state index contributed by atoms with van der Waals surface area (Å²) < 4.78 is 10.1. The number of halogens is 2. The van der Waals surface area contributed by atoms with Crippen LogP contribution >= 0.6 is 23.2 Å². The molecule has 4 rings (SSSR count). The van der Waals surface area contributed by atoms with Crippen molar-refractivity contribution in [2.75, 3.05) is 46.1 Å². The number of pyridine rings is 2. The number of nitrogens with one attached hydrogen (secondary N) is 1. The van der Waals surface area contributed by atoms with Gasteiger partial charge in [0.1, 0.15) is 11.4 Å². The van der Waals surface area contributed by atoms with Crippen LogP contribution in [0.5, 0.6) is 0 Å². The fraction of sp³-hybridized carbons (Fsp3) is 0.429. The van der Waals surface area contributed by atoms with Crippen LogP contribution < -0.4 is 5.32 Å². The van der Waals surface area contributed by atoms with Crippen molar-refractivity contribution in [2.45, 2.75) is 13.1 Å². The third-order valence-corrected chi connectivity index (χ3v) is 5.63. The Morgan fingerprint density at radius 3 is 1.69 bits per heavy atom. The molecule has 32 heavy (non-hydrogen) atoms. The van der Waals surface area contributed by atoms with Gasteiger partial charge in [-0.3, -0.25) is 9.80 Å². The van der Waals surface area contributed by atoms with Gasteiger partial charge in [-0.25, -0.2) is 19.6 Å². The van der Waals surface area contributed by atoms with E-state index in [0.29, 0.717) is 34.5 Å². The zero-order valence-corrected chi connectivity index (χ0v) is 18.9. The Labute approximate surface area is 195 Å². The average Bonchev–Trinajstić information content (AvgIpc) is 2.85. The standard InChI is InChI=1S/C21H23Cl2N5O4/c22-14-7-16-11-27-3-1-24-2-4-28(6-5-27)12-17-8-15(23)10-19(26-17)21(30)32-13-31-20(29)18(9-14)25-16/h7-10,24H,1-6,11-13H2. The van der Waals surface area contributed by atoms with Crippen LogP contribution in [0.2, 0.25) is 10.0 Å². The first kappa shape index (κ1) is 22.9. The van der Waals surface area contributed by atoms with Gasteiger partial charge in [-0.1, -0.05) is 23.2 Å². The van der Waals surface area contributed by atoms with Crippen molar-refractivity contribution in [2.24, 2.45) is 0 Å². The Morgan fingerprint density at radius 1 is 0.750 bits per heavy atom. The Morgan fingerprint density at radius 2 is 1.22 bits per heavy atom. The van der Waals surface area contributed by atoms with Crippen LogP contribution in [-0.2, 0) is 22.6 Å². The van der Waals surface area contributed by atoms with Crippen molar-refractivity contribution in [3.05, 3.63) is 57.1 Å². The fourth-order valence-corrected chi connectivity index (χ4v) is 4.10. The molecule has 2 aromatic rings. The van der Waals surface area contributed by atoms with Gasteiger partial charge in [0.05, 0.1) is 11.4 Å². The number of fused-ring (bicyclic) bond motifs is 7. The highest BCUT2D eigenvalue weighted by atomic mass is 35.5. The molecule has 9 nitrogen and oxygen atoms in total. The predicted molar refractivity (Wildman–Crippen MR) is 118 cm³/mol.